The van der Waals surface area contributed by atoms with E-state index in [1.807, 2.05) is 11.3 Å². The fourth-order valence-corrected chi connectivity index (χ4v) is 4.07. The summed E-state index contributed by atoms with van der Waals surface area (Å²) in [5.41, 5.74) is 1.58. The van der Waals surface area contributed by atoms with Gasteiger partial charge in [-0.1, -0.05) is 25.1 Å². The summed E-state index contributed by atoms with van der Waals surface area (Å²) in [5, 5.41) is 7.22. The minimum Gasteiger partial charge on any atom is -0.314 e. The van der Waals surface area contributed by atoms with Crippen LogP contribution in [-0.4, -0.2) is 12.6 Å². The zero-order chi connectivity index (χ0) is 11.7. The molecule has 0 radical (unpaired) electrons. The second-order valence-electron chi connectivity index (χ2n) is 4.95. The minimum atomic E-state index is 0.736. The Labute approximate surface area is 107 Å². The molecule has 0 amide bonds. The number of rotatable bonds is 3. The molecule has 1 aromatic heterocycles. The third kappa shape index (κ3) is 2.12. The summed E-state index contributed by atoms with van der Waals surface area (Å²) in [6.07, 6.45) is 3.99. The Bertz CT molecular complexity index is 502. The first-order chi connectivity index (χ1) is 8.38. The SMILES string of the molecule is CCNC1CCC(c2cccc3ccsc23)C1. The van der Waals surface area contributed by atoms with E-state index >= 15 is 0 Å². The van der Waals surface area contributed by atoms with E-state index < -0.39 is 0 Å². The third-order valence-corrected chi connectivity index (χ3v) is 4.85. The minimum absolute atomic E-state index is 0.736. The highest BCUT2D eigenvalue weighted by atomic mass is 32.1. The zero-order valence-corrected chi connectivity index (χ0v) is 11.1. The molecule has 3 rings (SSSR count). The quantitative estimate of drug-likeness (QED) is 0.856. The first-order valence-corrected chi connectivity index (χ1v) is 7.46. The van der Waals surface area contributed by atoms with Gasteiger partial charge in [0.15, 0.2) is 0 Å². The lowest BCUT2D eigenvalue weighted by Gasteiger charge is -2.13. The van der Waals surface area contributed by atoms with Crippen molar-refractivity contribution in [1.29, 1.82) is 0 Å². The Morgan fingerprint density at radius 2 is 2.24 bits per heavy atom. The van der Waals surface area contributed by atoms with E-state index in [4.69, 9.17) is 0 Å². The van der Waals surface area contributed by atoms with E-state index in [1.54, 1.807) is 5.56 Å². The number of nitrogens with one attached hydrogen (secondary N) is 1. The number of hydrogen-bond donors (Lipinski definition) is 1. The van der Waals surface area contributed by atoms with Crippen molar-refractivity contribution in [2.75, 3.05) is 6.54 Å². The Balaban J connectivity index is 1.87. The molecule has 2 aromatic rings. The van der Waals surface area contributed by atoms with Gasteiger partial charge in [-0.25, -0.2) is 0 Å². The fourth-order valence-electron chi connectivity index (χ4n) is 3.08. The van der Waals surface area contributed by atoms with E-state index in [9.17, 15) is 0 Å². The Morgan fingerprint density at radius 3 is 3.12 bits per heavy atom. The van der Waals surface area contributed by atoms with Crippen LogP contribution in [-0.2, 0) is 0 Å². The molecule has 0 spiro atoms. The Kier molecular flexibility index (Phi) is 3.17. The molecule has 1 aliphatic carbocycles. The number of hydrogen-bond acceptors (Lipinski definition) is 2. The van der Waals surface area contributed by atoms with Crippen molar-refractivity contribution in [2.24, 2.45) is 0 Å². The Morgan fingerprint density at radius 1 is 1.29 bits per heavy atom. The van der Waals surface area contributed by atoms with Gasteiger partial charge in [-0.15, -0.1) is 11.3 Å². The number of fused-ring (bicyclic) bond motifs is 1. The highest BCUT2D eigenvalue weighted by Crippen LogP contribution is 2.39. The van der Waals surface area contributed by atoms with Crippen LogP contribution in [0.4, 0.5) is 0 Å². The zero-order valence-electron chi connectivity index (χ0n) is 10.3. The van der Waals surface area contributed by atoms with E-state index in [-0.39, 0.29) is 0 Å². The van der Waals surface area contributed by atoms with Crippen LogP contribution in [0.1, 0.15) is 37.7 Å². The van der Waals surface area contributed by atoms with Crippen LogP contribution < -0.4 is 5.32 Å². The van der Waals surface area contributed by atoms with Gasteiger partial charge in [-0.2, -0.15) is 0 Å². The summed E-state index contributed by atoms with van der Waals surface area (Å²) in [5.74, 6) is 0.765. The molecule has 2 atom stereocenters. The molecule has 0 bridgehead atoms. The molecule has 1 N–H and O–H groups in total. The topological polar surface area (TPSA) is 12.0 Å². The van der Waals surface area contributed by atoms with E-state index in [0.29, 0.717) is 0 Å². The van der Waals surface area contributed by atoms with Gasteiger partial charge in [0.25, 0.3) is 0 Å². The largest absolute Gasteiger partial charge is 0.314 e. The van der Waals surface area contributed by atoms with Crippen molar-refractivity contribution in [3.05, 3.63) is 35.2 Å². The molecular weight excluding hydrogens is 226 g/mol. The lowest BCUT2D eigenvalue weighted by Crippen LogP contribution is -2.25. The highest BCUT2D eigenvalue weighted by Gasteiger charge is 2.26. The molecule has 1 saturated carbocycles. The predicted octanol–water partition coefficient (Wildman–Crippen LogP) is 4.15. The molecule has 0 aliphatic heterocycles. The summed E-state index contributed by atoms with van der Waals surface area (Å²) in [6.45, 7) is 3.30. The van der Waals surface area contributed by atoms with Crippen LogP contribution in [0.25, 0.3) is 10.1 Å². The second-order valence-corrected chi connectivity index (χ2v) is 5.87. The van der Waals surface area contributed by atoms with Gasteiger partial charge in [-0.3, -0.25) is 0 Å². The van der Waals surface area contributed by atoms with Gasteiger partial charge in [-0.05, 0) is 54.1 Å². The summed E-state index contributed by atoms with van der Waals surface area (Å²) < 4.78 is 1.51. The van der Waals surface area contributed by atoms with Crippen molar-refractivity contribution in [2.45, 2.75) is 38.1 Å². The lowest BCUT2D eigenvalue weighted by molar-refractivity contribution is 0.535. The van der Waals surface area contributed by atoms with Crippen molar-refractivity contribution >= 4 is 21.4 Å². The van der Waals surface area contributed by atoms with Gasteiger partial charge in [0.1, 0.15) is 0 Å². The van der Waals surface area contributed by atoms with Gasteiger partial charge in [0.2, 0.25) is 0 Å². The summed E-state index contributed by atoms with van der Waals surface area (Å²) in [4.78, 5) is 0. The molecule has 90 valence electrons. The van der Waals surface area contributed by atoms with Gasteiger partial charge in [0.05, 0.1) is 0 Å². The molecule has 1 nitrogen and oxygen atoms in total. The molecule has 1 aromatic carbocycles. The van der Waals surface area contributed by atoms with Crippen LogP contribution in [0, 0.1) is 0 Å². The number of benzene rings is 1. The van der Waals surface area contributed by atoms with Crippen LogP contribution in [0.3, 0.4) is 0 Å². The molecule has 1 heterocycles. The van der Waals surface area contributed by atoms with Crippen molar-refractivity contribution in [3.8, 4) is 0 Å². The van der Waals surface area contributed by atoms with E-state index in [2.05, 4.69) is 41.9 Å². The average Bonchev–Trinajstić information content (AvgIpc) is 2.96. The van der Waals surface area contributed by atoms with Crippen LogP contribution in [0.15, 0.2) is 29.6 Å². The van der Waals surface area contributed by atoms with E-state index in [0.717, 1.165) is 18.5 Å². The van der Waals surface area contributed by atoms with Crippen molar-refractivity contribution in [3.63, 3.8) is 0 Å². The van der Waals surface area contributed by atoms with Crippen LogP contribution in [0.2, 0.25) is 0 Å². The lowest BCUT2D eigenvalue weighted by atomic mass is 9.96. The van der Waals surface area contributed by atoms with Gasteiger partial charge >= 0.3 is 0 Å². The smallest absolute Gasteiger partial charge is 0.0377 e. The van der Waals surface area contributed by atoms with Crippen molar-refractivity contribution in [1.82, 2.24) is 5.32 Å². The normalized spacial score (nSPS) is 24.5. The van der Waals surface area contributed by atoms with E-state index in [1.165, 1.54) is 29.3 Å². The Hall–Kier alpha value is -0.860. The summed E-state index contributed by atoms with van der Waals surface area (Å²) in [6, 6.07) is 9.75. The first kappa shape index (κ1) is 11.2. The third-order valence-electron chi connectivity index (χ3n) is 3.87. The molecular formula is C15H19NS. The summed E-state index contributed by atoms with van der Waals surface area (Å²) >= 11 is 1.89. The fraction of sp³-hybridized carbons (Fsp3) is 0.467. The van der Waals surface area contributed by atoms with Crippen molar-refractivity contribution < 1.29 is 0 Å². The monoisotopic (exact) mass is 245 g/mol. The van der Waals surface area contributed by atoms with Gasteiger partial charge in [0, 0.05) is 10.7 Å². The van der Waals surface area contributed by atoms with Crippen LogP contribution in [0.5, 0.6) is 0 Å². The van der Waals surface area contributed by atoms with Crippen LogP contribution >= 0.6 is 11.3 Å². The molecule has 0 saturated heterocycles. The molecule has 1 aliphatic rings. The highest BCUT2D eigenvalue weighted by molar-refractivity contribution is 7.17. The maximum Gasteiger partial charge on any atom is 0.0377 e. The van der Waals surface area contributed by atoms with Gasteiger partial charge < -0.3 is 5.32 Å². The standard InChI is InChI=1S/C15H19NS/c1-2-16-13-7-6-12(10-13)14-5-3-4-11-8-9-17-15(11)14/h3-5,8-9,12-13,16H,2,6-7,10H2,1H3. The molecule has 2 unspecified atom stereocenters. The molecule has 2 heteroatoms. The maximum atomic E-state index is 3.59. The second kappa shape index (κ2) is 4.79. The average molecular weight is 245 g/mol. The molecule has 17 heavy (non-hydrogen) atoms. The summed E-state index contributed by atoms with van der Waals surface area (Å²) in [7, 11) is 0. The number of thiophene rings is 1. The maximum absolute atomic E-state index is 3.59. The predicted molar refractivity (Wildman–Crippen MR) is 75.9 cm³/mol. The first-order valence-electron chi connectivity index (χ1n) is 6.58. The molecule has 1 fully saturated rings.